The molecule has 195 valence electrons. The molecule has 2 heterocycles. The van der Waals surface area contributed by atoms with Crippen LogP contribution in [0.4, 0.5) is 0 Å². The van der Waals surface area contributed by atoms with Crippen LogP contribution in [0.2, 0.25) is 0 Å². The smallest absolute Gasteiger partial charge is 0.354 e. The summed E-state index contributed by atoms with van der Waals surface area (Å²) in [6.07, 6.45) is 7.29. The van der Waals surface area contributed by atoms with E-state index in [-0.39, 0.29) is 43.8 Å². The molecule has 1 radical (unpaired) electrons. The Kier molecular flexibility index (Phi) is 11.7. The predicted octanol–water partition coefficient (Wildman–Crippen LogP) is 5.79. The molecular weight excluding hydrogens is 697 g/mol. The number of aryl methyl sites for hydroxylation is 1. The minimum absolute atomic E-state index is 0. The quantitative estimate of drug-likeness (QED) is 0.0996. The Morgan fingerprint density at radius 1 is 1.08 bits per heavy atom. The van der Waals surface area contributed by atoms with E-state index in [1.54, 1.807) is 29.2 Å². The first-order valence-electron chi connectivity index (χ1n) is 12.2. The summed E-state index contributed by atoms with van der Waals surface area (Å²) in [5.41, 5.74) is 3.44. The minimum atomic E-state index is -0.584. The number of methoxy groups -OCH3 is 1. The Bertz CT molecular complexity index is 1380. The van der Waals surface area contributed by atoms with Crippen molar-refractivity contribution in [3.05, 3.63) is 106 Å². The molecule has 0 aliphatic rings. The maximum absolute atomic E-state index is 12.4. The van der Waals surface area contributed by atoms with Crippen LogP contribution in [0.1, 0.15) is 66.8 Å². The van der Waals surface area contributed by atoms with E-state index in [0.717, 1.165) is 34.9 Å². The van der Waals surface area contributed by atoms with E-state index in [1.165, 1.54) is 7.11 Å². The number of hydrogen-bond acceptors (Lipinski definition) is 5. The van der Waals surface area contributed by atoms with Crippen LogP contribution in [0.3, 0.4) is 0 Å². The zero-order chi connectivity index (χ0) is 27.0. The molecule has 0 amide bonds. The molecule has 4 rings (SSSR count). The Morgan fingerprint density at radius 2 is 1.79 bits per heavy atom. The first-order valence-corrected chi connectivity index (χ1v) is 12.2. The number of fused-ring (bicyclic) bond motifs is 1. The van der Waals surface area contributed by atoms with Gasteiger partial charge >= 0.3 is 5.97 Å². The van der Waals surface area contributed by atoms with Gasteiger partial charge in [0, 0.05) is 48.7 Å². The molecule has 2 aromatic heterocycles. The van der Waals surface area contributed by atoms with Crippen molar-refractivity contribution in [3.8, 4) is 0 Å². The summed E-state index contributed by atoms with van der Waals surface area (Å²) >= 11 is 0. The van der Waals surface area contributed by atoms with Gasteiger partial charge < -0.3 is 14.1 Å². The summed E-state index contributed by atoms with van der Waals surface area (Å²) in [6.45, 7) is 6.37. The monoisotopic (exact) mass is 730 g/mol. The van der Waals surface area contributed by atoms with E-state index < -0.39 is 6.04 Å². The number of rotatable bonds is 8. The van der Waals surface area contributed by atoms with Crippen LogP contribution in [0.5, 0.6) is 0 Å². The molecule has 7 nitrogen and oxygen atoms in total. The first-order chi connectivity index (χ1) is 17.7. The summed E-state index contributed by atoms with van der Waals surface area (Å²) in [5.74, 6) is -0.366. The molecule has 0 N–H and O–H groups in total. The first kappa shape index (κ1) is 31.2. The second kappa shape index (κ2) is 14.2. The predicted molar refractivity (Wildman–Crippen MR) is 144 cm³/mol. The molecule has 38 heavy (non-hydrogen) atoms. The molecule has 0 spiro atoms. The number of ether oxygens (including phenoxy) is 1. The van der Waals surface area contributed by atoms with Gasteiger partial charge in [-0.2, -0.15) is 0 Å². The Hall–Kier alpha value is -3.04. The summed E-state index contributed by atoms with van der Waals surface area (Å²) in [6, 6.07) is 20.1. The van der Waals surface area contributed by atoms with Gasteiger partial charge in [-0.05, 0) is 49.6 Å². The fraction of sp³-hybridized carbons (Fsp3) is 0.300. The average Bonchev–Trinajstić information content (AvgIpc) is 3.30. The van der Waals surface area contributed by atoms with Crippen LogP contribution < -0.4 is 4.57 Å². The molecule has 0 fully saturated rings. The van der Waals surface area contributed by atoms with Crippen LogP contribution in [0.25, 0.3) is 10.9 Å². The standard InChI is InChI=1S/C23H26N2O3.C7H7NO.Pa/c1-5-13-23(2,3)25-19-12-11-17(14-18(19)15-20(25)22(26)28-4)21(24-27)16-9-7-6-8-10-16;1-8-4-2-3-7(5-8)6-9;/h6-12,14-15,21H,5,13H2,1-4H3;2-5H,1H3;. The topological polar surface area (TPSA) is 81.6 Å². The number of pyridine rings is 1. The number of benzene rings is 2. The zero-order valence-electron chi connectivity index (χ0n) is 22.5. The largest absolute Gasteiger partial charge is 0.464 e. The SMILES string of the molecule is CCCC(C)(C)n1c(C(=O)OC)cc2cc(C(N=O)c3ccccc3)ccc21.C[n+]1cccc([C-]=O)c1.[Pa]. The van der Waals surface area contributed by atoms with Crippen molar-refractivity contribution in [2.45, 2.75) is 45.2 Å². The van der Waals surface area contributed by atoms with Gasteiger partial charge in [0.25, 0.3) is 0 Å². The molecule has 0 saturated carbocycles. The number of aromatic nitrogens is 2. The summed E-state index contributed by atoms with van der Waals surface area (Å²) in [5, 5.41) is 4.24. The third-order valence-electron chi connectivity index (χ3n) is 6.28. The molecule has 4 aromatic rings. The third kappa shape index (κ3) is 7.29. The molecule has 0 saturated heterocycles. The van der Waals surface area contributed by atoms with Gasteiger partial charge in [-0.3, -0.25) is 4.57 Å². The normalized spacial score (nSPS) is 11.5. The van der Waals surface area contributed by atoms with E-state index in [1.807, 2.05) is 72.4 Å². The molecule has 2 aromatic carbocycles. The third-order valence-corrected chi connectivity index (χ3v) is 6.28. The fourth-order valence-corrected chi connectivity index (χ4v) is 4.63. The van der Waals surface area contributed by atoms with Crippen LogP contribution in [-0.4, -0.2) is 23.9 Å². The van der Waals surface area contributed by atoms with Gasteiger partial charge in [-0.15, -0.1) is 11.0 Å². The molecule has 0 bridgehead atoms. The Labute approximate surface area is 248 Å². The molecule has 1 atom stereocenters. The van der Waals surface area contributed by atoms with Crippen LogP contribution in [0, 0.1) is 37.2 Å². The number of hydrogen-bond donors (Lipinski definition) is 0. The number of nitrogens with zero attached hydrogens (tertiary/aromatic N) is 3. The van der Waals surface area contributed by atoms with Gasteiger partial charge in [-0.1, -0.05) is 66.5 Å². The van der Waals surface area contributed by atoms with E-state index in [9.17, 15) is 14.5 Å². The van der Waals surface area contributed by atoms with Gasteiger partial charge in [0.2, 0.25) is 0 Å². The molecular formula is C30H33N3O4Pa. The summed E-state index contributed by atoms with van der Waals surface area (Å²) in [7, 11) is 3.26. The average molecular weight is 731 g/mol. The zero-order valence-corrected chi connectivity index (χ0v) is 27.4. The van der Waals surface area contributed by atoms with Gasteiger partial charge in [0.15, 0.2) is 0 Å². The van der Waals surface area contributed by atoms with Gasteiger partial charge in [-0.25, -0.2) is 4.79 Å². The van der Waals surface area contributed by atoms with Crippen LogP contribution >= 0.6 is 0 Å². The van der Waals surface area contributed by atoms with Crippen LogP contribution in [-0.2, 0) is 22.1 Å². The van der Waals surface area contributed by atoms with E-state index in [4.69, 9.17) is 4.74 Å². The van der Waals surface area contributed by atoms with Crippen molar-refractivity contribution in [1.82, 2.24) is 4.57 Å². The second-order valence-corrected chi connectivity index (χ2v) is 9.52. The van der Waals surface area contributed by atoms with Gasteiger partial charge in [0.1, 0.15) is 25.0 Å². The summed E-state index contributed by atoms with van der Waals surface area (Å²) in [4.78, 5) is 34.0. The number of nitroso groups, excluding NO2 is 1. The Morgan fingerprint density at radius 3 is 2.34 bits per heavy atom. The summed E-state index contributed by atoms with van der Waals surface area (Å²) < 4.78 is 8.87. The second-order valence-electron chi connectivity index (χ2n) is 9.52. The van der Waals surface area contributed by atoms with Crippen molar-refractivity contribution >= 4 is 23.2 Å². The van der Waals surface area contributed by atoms with Crippen LogP contribution in [0.15, 0.2) is 84.3 Å². The number of carbonyl (C=O) groups excluding carboxylic acids is 2. The van der Waals surface area contributed by atoms with Crippen molar-refractivity contribution in [2.24, 2.45) is 12.2 Å². The number of carbonyl (C=O) groups is 1. The van der Waals surface area contributed by atoms with Crippen molar-refractivity contribution < 1.29 is 51.2 Å². The number of esters is 1. The maximum Gasteiger partial charge on any atom is 0.354 e. The van der Waals surface area contributed by atoms with E-state index in [0.29, 0.717) is 11.3 Å². The van der Waals surface area contributed by atoms with Crippen molar-refractivity contribution in [2.75, 3.05) is 7.11 Å². The van der Waals surface area contributed by atoms with Crippen molar-refractivity contribution in [3.63, 3.8) is 0 Å². The molecule has 8 heteroatoms. The minimum Gasteiger partial charge on any atom is -0.464 e. The fourth-order valence-electron chi connectivity index (χ4n) is 4.63. The molecule has 0 aliphatic heterocycles. The van der Waals surface area contributed by atoms with E-state index >= 15 is 0 Å². The molecule has 0 aliphatic carbocycles. The molecule has 1 unspecified atom stereocenters. The maximum atomic E-state index is 12.4. The van der Waals surface area contributed by atoms with Gasteiger partial charge in [0.05, 0.1) is 19.6 Å². The Balaban J connectivity index is 0.000000430. The van der Waals surface area contributed by atoms with E-state index in [2.05, 4.69) is 25.9 Å². The van der Waals surface area contributed by atoms with Crippen molar-refractivity contribution in [1.29, 1.82) is 0 Å².